The maximum atomic E-state index is 12.5. The van der Waals surface area contributed by atoms with Crippen LogP contribution in [0.4, 0.5) is 5.69 Å². The Morgan fingerprint density at radius 3 is 2.70 bits per heavy atom. The molecular weight excluding hydrogens is 386 g/mol. The molecule has 3 aromatic rings. The van der Waals surface area contributed by atoms with Crippen molar-refractivity contribution in [3.05, 3.63) is 53.1 Å². The minimum atomic E-state index is -0.449. The lowest BCUT2D eigenvalue weighted by atomic mass is 10.2. The fraction of sp³-hybridized carbons (Fsp3) is 0.211. The molecule has 0 bridgehead atoms. The average molecular weight is 404 g/mol. The number of methoxy groups -OCH3 is 1. The summed E-state index contributed by atoms with van der Waals surface area (Å²) in [5.74, 6) is 0.709. The number of anilines is 1. The van der Waals surface area contributed by atoms with Crippen LogP contribution >= 0.6 is 23.4 Å². The summed E-state index contributed by atoms with van der Waals surface area (Å²) in [5.41, 5.74) is 2.24. The van der Waals surface area contributed by atoms with E-state index >= 15 is 0 Å². The number of ether oxygens (including phenoxy) is 1. The fourth-order valence-electron chi connectivity index (χ4n) is 2.32. The number of nitrogens with one attached hydrogen (secondary N) is 1. The molecule has 0 aliphatic rings. The third-order valence-corrected chi connectivity index (χ3v) is 5.15. The van der Waals surface area contributed by atoms with E-state index < -0.39 is 5.25 Å². The highest BCUT2D eigenvalue weighted by Gasteiger charge is 2.20. The second kappa shape index (κ2) is 8.45. The van der Waals surface area contributed by atoms with Crippen molar-refractivity contribution in [2.45, 2.75) is 24.3 Å². The van der Waals surface area contributed by atoms with Crippen LogP contribution in [0.5, 0.6) is 5.75 Å². The van der Waals surface area contributed by atoms with E-state index in [1.807, 2.05) is 37.3 Å². The molecule has 0 spiro atoms. The first-order valence-corrected chi connectivity index (χ1v) is 9.44. The highest BCUT2D eigenvalue weighted by Crippen LogP contribution is 2.32. The van der Waals surface area contributed by atoms with E-state index in [4.69, 9.17) is 20.8 Å². The van der Waals surface area contributed by atoms with Crippen LogP contribution in [0.3, 0.4) is 0 Å². The minimum Gasteiger partial charge on any atom is -0.495 e. The summed E-state index contributed by atoms with van der Waals surface area (Å²) in [4.78, 5) is 12.5. The predicted molar refractivity (Wildman–Crippen MR) is 106 cm³/mol. The first-order chi connectivity index (χ1) is 13.0. The topological polar surface area (TPSA) is 77.2 Å². The van der Waals surface area contributed by atoms with E-state index in [0.717, 1.165) is 11.1 Å². The second-order valence-electron chi connectivity index (χ2n) is 5.79. The lowest BCUT2D eigenvalue weighted by Crippen LogP contribution is -2.22. The third kappa shape index (κ3) is 4.61. The number of amides is 1. The summed E-state index contributed by atoms with van der Waals surface area (Å²) in [7, 11) is 1.53. The van der Waals surface area contributed by atoms with Crippen molar-refractivity contribution in [3.63, 3.8) is 0 Å². The number of halogens is 1. The van der Waals surface area contributed by atoms with Gasteiger partial charge in [-0.3, -0.25) is 4.79 Å². The van der Waals surface area contributed by atoms with Crippen LogP contribution < -0.4 is 10.1 Å². The Morgan fingerprint density at radius 2 is 2.00 bits per heavy atom. The molecule has 140 valence electrons. The standard InChI is InChI=1S/C19H18ClN3O3S/c1-11-9-15(16(25-3)10-14(11)20)21-17(24)12(2)27-19-23-22-18(26-19)13-7-5-4-6-8-13/h4-10,12H,1-3H3,(H,21,24)/t12-/m1/s1. The first-order valence-electron chi connectivity index (χ1n) is 8.18. The Morgan fingerprint density at radius 1 is 1.26 bits per heavy atom. The predicted octanol–water partition coefficient (Wildman–Crippen LogP) is 4.83. The molecule has 1 amide bonds. The molecule has 0 fully saturated rings. The molecule has 27 heavy (non-hydrogen) atoms. The summed E-state index contributed by atoms with van der Waals surface area (Å²) in [6, 6.07) is 12.9. The van der Waals surface area contributed by atoms with Crippen molar-refractivity contribution < 1.29 is 13.9 Å². The number of thioether (sulfide) groups is 1. The fourth-order valence-corrected chi connectivity index (χ4v) is 3.16. The maximum Gasteiger partial charge on any atom is 0.277 e. The van der Waals surface area contributed by atoms with Crippen molar-refractivity contribution in [1.82, 2.24) is 10.2 Å². The lowest BCUT2D eigenvalue weighted by molar-refractivity contribution is -0.115. The molecule has 8 heteroatoms. The molecule has 0 saturated carbocycles. The van der Waals surface area contributed by atoms with Crippen LogP contribution in [-0.2, 0) is 4.79 Å². The average Bonchev–Trinajstić information content (AvgIpc) is 3.13. The van der Waals surface area contributed by atoms with Gasteiger partial charge < -0.3 is 14.5 Å². The van der Waals surface area contributed by atoms with E-state index in [-0.39, 0.29) is 5.91 Å². The number of carbonyl (C=O) groups excluding carboxylic acids is 1. The van der Waals surface area contributed by atoms with Crippen molar-refractivity contribution in [1.29, 1.82) is 0 Å². The van der Waals surface area contributed by atoms with Crippen molar-refractivity contribution in [2.24, 2.45) is 0 Å². The smallest absolute Gasteiger partial charge is 0.277 e. The molecule has 0 radical (unpaired) electrons. The summed E-state index contributed by atoms with van der Waals surface area (Å²) < 4.78 is 10.9. The number of hydrogen-bond donors (Lipinski definition) is 1. The largest absolute Gasteiger partial charge is 0.495 e. The summed E-state index contributed by atoms with van der Waals surface area (Å²) in [5, 5.41) is 11.3. The molecule has 1 aromatic heterocycles. The number of aromatic nitrogens is 2. The third-order valence-electron chi connectivity index (χ3n) is 3.81. The molecule has 0 unspecified atom stereocenters. The number of aryl methyl sites for hydroxylation is 1. The Kier molecular flexibility index (Phi) is 6.03. The normalized spacial score (nSPS) is 11.9. The van der Waals surface area contributed by atoms with E-state index in [1.165, 1.54) is 18.9 Å². The zero-order valence-electron chi connectivity index (χ0n) is 15.0. The Balaban J connectivity index is 1.68. The van der Waals surface area contributed by atoms with Crippen LogP contribution in [0.1, 0.15) is 12.5 Å². The molecule has 0 aliphatic carbocycles. The van der Waals surface area contributed by atoms with Gasteiger partial charge in [-0.2, -0.15) is 0 Å². The highest BCUT2D eigenvalue weighted by molar-refractivity contribution is 8.00. The highest BCUT2D eigenvalue weighted by atomic mass is 35.5. The molecule has 3 rings (SSSR count). The number of rotatable bonds is 6. The Hall–Kier alpha value is -2.51. The van der Waals surface area contributed by atoms with E-state index in [1.54, 1.807) is 19.1 Å². The lowest BCUT2D eigenvalue weighted by Gasteiger charge is -2.14. The molecule has 0 aliphatic heterocycles. The van der Waals surface area contributed by atoms with Crippen LogP contribution in [0.2, 0.25) is 5.02 Å². The van der Waals surface area contributed by atoms with Crippen LogP contribution in [0, 0.1) is 6.92 Å². The van der Waals surface area contributed by atoms with Gasteiger partial charge in [-0.25, -0.2) is 0 Å². The van der Waals surface area contributed by atoms with Crippen LogP contribution in [0.15, 0.2) is 52.1 Å². The molecular formula is C19H18ClN3O3S. The van der Waals surface area contributed by atoms with E-state index in [0.29, 0.717) is 27.6 Å². The molecule has 1 N–H and O–H groups in total. The van der Waals surface area contributed by atoms with Gasteiger partial charge in [0.15, 0.2) is 0 Å². The molecule has 1 heterocycles. The molecule has 1 atom stereocenters. The maximum absolute atomic E-state index is 12.5. The van der Waals surface area contributed by atoms with Gasteiger partial charge in [-0.1, -0.05) is 41.6 Å². The van der Waals surface area contributed by atoms with Gasteiger partial charge in [0.25, 0.3) is 5.22 Å². The number of hydrogen-bond acceptors (Lipinski definition) is 6. The van der Waals surface area contributed by atoms with Gasteiger partial charge in [0.1, 0.15) is 5.75 Å². The Bertz CT molecular complexity index is 947. The van der Waals surface area contributed by atoms with Crippen molar-refractivity contribution in [3.8, 4) is 17.2 Å². The summed E-state index contributed by atoms with van der Waals surface area (Å²) >= 11 is 7.29. The Labute approximate surface area is 166 Å². The molecule has 0 saturated heterocycles. The van der Waals surface area contributed by atoms with Gasteiger partial charge in [-0.05, 0) is 37.6 Å². The van der Waals surface area contributed by atoms with Crippen LogP contribution in [0.25, 0.3) is 11.5 Å². The molecule has 2 aromatic carbocycles. The SMILES string of the molecule is COc1cc(Cl)c(C)cc1NC(=O)[C@@H](C)Sc1nnc(-c2ccccc2)o1. The zero-order valence-corrected chi connectivity index (χ0v) is 16.6. The minimum absolute atomic E-state index is 0.209. The summed E-state index contributed by atoms with van der Waals surface area (Å²) in [6.07, 6.45) is 0. The number of nitrogens with zero attached hydrogens (tertiary/aromatic N) is 2. The van der Waals surface area contributed by atoms with E-state index in [2.05, 4.69) is 15.5 Å². The van der Waals surface area contributed by atoms with Crippen LogP contribution in [-0.4, -0.2) is 28.5 Å². The van der Waals surface area contributed by atoms with Crippen molar-refractivity contribution in [2.75, 3.05) is 12.4 Å². The number of benzene rings is 2. The van der Waals surface area contributed by atoms with E-state index in [9.17, 15) is 4.79 Å². The van der Waals surface area contributed by atoms with Gasteiger partial charge in [0, 0.05) is 16.7 Å². The van der Waals surface area contributed by atoms with Gasteiger partial charge in [0.05, 0.1) is 18.0 Å². The van der Waals surface area contributed by atoms with Crippen molar-refractivity contribution >= 4 is 35.0 Å². The van der Waals surface area contributed by atoms with Gasteiger partial charge in [-0.15, -0.1) is 10.2 Å². The summed E-state index contributed by atoms with van der Waals surface area (Å²) in [6.45, 7) is 3.63. The zero-order chi connectivity index (χ0) is 19.4. The molecule has 6 nitrogen and oxygen atoms in total. The van der Waals surface area contributed by atoms with Gasteiger partial charge in [0.2, 0.25) is 11.8 Å². The number of carbonyl (C=O) groups is 1. The monoisotopic (exact) mass is 403 g/mol. The first kappa shape index (κ1) is 19.3. The second-order valence-corrected chi connectivity index (χ2v) is 7.49. The van der Waals surface area contributed by atoms with Gasteiger partial charge >= 0.3 is 0 Å². The quantitative estimate of drug-likeness (QED) is 0.594.